The molecule has 6 rings (SSSR count). The van der Waals surface area contributed by atoms with Crippen LogP contribution in [0.4, 0.5) is 4.39 Å². The van der Waals surface area contributed by atoms with Crippen molar-refractivity contribution in [3.05, 3.63) is 23.5 Å². The summed E-state index contributed by atoms with van der Waals surface area (Å²) in [5.41, 5.74) is 1.73. The van der Waals surface area contributed by atoms with E-state index in [1.807, 2.05) is 7.11 Å². The van der Waals surface area contributed by atoms with Crippen molar-refractivity contribution in [1.29, 1.82) is 0 Å². The lowest BCUT2D eigenvalue weighted by molar-refractivity contribution is -0.154. The van der Waals surface area contributed by atoms with Crippen molar-refractivity contribution in [3.8, 4) is 0 Å². The first-order valence-electron chi connectivity index (χ1n) is 14.3. The van der Waals surface area contributed by atoms with Gasteiger partial charge in [0.2, 0.25) is 0 Å². The molecule has 1 aromatic heterocycles. The SMILES string of the molecule is COC[C@]12CC[C@H](C)CC1CC[C@@H]1C2CC[C@@]2(C)C1CC[C@@H]2C(=O)Cn1nc2ccc(C)c(F)c2n1. The van der Waals surface area contributed by atoms with Gasteiger partial charge in [0.05, 0.1) is 6.61 Å². The van der Waals surface area contributed by atoms with Crippen molar-refractivity contribution in [1.82, 2.24) is 15.0 Å². The summed E-state index contributed by atoms with van der Waals surface area (Å²) < 4.78 is 20.4. The predicted molar refractivity (Wildman–Crippen MR) is 138 cm³/mol. The zero-order valence-electron chi connectivity index (χ0n) is 22.4. The number of carbonyl (C=O) groups is 1. The number of Topliss-reactive ketones (excluding diaryl/α,β-unsaturated/α-hetero) is 1. The summed E-state index contributed by atoms with van der Waals surface area (Å²) >= 11 is 0. The molecule has 1 aromatic carbocycles. The van der Waals surface area contributed by atoms with Crippen LogP contribution in [0.25, 0.3) is 11.0 Å². The number of carbonyl (C=O) groups excluding carboxylic acids is 1. The fourth-order valence-corrected chi connectivity index (χ4v) is 9.76. The molecule has 2 aromatic rings. The highest BCUT2D eigenvalue weighted by atomic mass is 19.1. The zero-order valence-corrected chi connectivity index (χ0v) is 22.4. The molecule has 5 nitrogen and oxygen atoms in total. The van der Waals surface area contributed by atoms with Gasteiger partial charge in [0.25, 0.3) is 0 Å². The monoisotopic (exact) mass is 495 g/mol. The quantitative estimate of drug-likeness (QED) is 0.484. The number of ether oxygens (including phenoxy) is 1. The molecule has 1 heterocycles. The van der Waals surface area contributed by atoms with Crippen molar-refractivity contribution < 1.29 is 13.9 Å². The first-order chi connectivity index (χ1) is 17.3. The first kappa shape index (κ1) is 24.5. The summed E-state index contributed by atoms with van der Waals surface area (Å²) in [7, 11) is 1.89. The van der Waals surface area contributed by atoms with Gasteiger partial charge < -0.3 is 4.74 Å². The Morgan fingerprint density at radius 1 is 1.11 bits per heavy atom. The Kier molecular flexibility index (Phi) is 6.05. The van der Waals surface area contributed by atoms with E-state index in [1.54, 1.807) is 19.1 Å². The van der Waals surface area contributed by atoms with E-state index < -0.39 is 0 Å². The Balaban J connectivity index is 1.22. The largest absolute Gasteiger partial charge is 0.384 e. The van der Waals surface area contributed by atoms with Crippen LogP contribution >= 0.6 is 0 Å². The van der Waals surface area contributed by atoms with Crippen LogP contribution in [0.2, 0.25) is 0 Å². The van der Waals surface area contributed by atoms with E-state index in [-0.39, 0.29) is 35.0 Å². The molecule has 0 N–H and O–H groups in total. The second-order valence-corrected chi connectivity index (χ2v) is 13.1. The number of methoxy groups -OCH3 is 1. The predicted octanol–water partition coefficient (Wildman–Crippen LogP) is 6.37. The molecular formula is C30H42FN3O2. The maximum absolute atomic E-state index is 14.5. The standard InChI is InChI=1S/C30H42FN3O2/c1-18-11-14-30(17-36-4)20(15-18)6-7-21-22-8-9-24(29(22,3)13-12-23(21)30)26(35)16-34-32-25-10-5-19(2)27(31)28(25)33-34/h5,10,18,20-24H,6-9,11-17H2,1-4H3/t18-,20?,21-,22?,23?,24+,29-,30+/m0/s1. The van der Waals surface area contributed by atoms with Crippen LogP contribution in [-0.4, -0.2) is 34.5 Å². The van der Waals surface area contributed by atoms with E-state index in [2.05, 4.69) is 24.0 Å². The number of rotatable bonds is 5. The van der Waals surface area contributed by atoms with Gasteiger partial charge in [0.1, 0.15) is 17.6 Å². The normalized spacial score (nSPS) is 40.0. The van der Waals surface area contributed by atoms with Gasteiger partial charge in [-0.15, -0.1) is 5.10 Å². The van der Waals surface area contributed by atoms with Crippen molar-refractivity contribution in [2.45, 2.75) is 85.1 Å². The number of ketones is 1. The maximum atomic E-state index is 14.5. The minimum absolute atomic E-state index is 0.0478. The highest BCUT2D eigenvalue weighted by Crippen LogP contribution is 2.68. The number of fused-ring (bicyclic) bond motifs is 6. The zero-order chi connectivity index (χ0) is 25.2. The minimum Gasteiger partial charge on any atom is -0.384 e. The third-order valence-corrected chi connectivity index (χ3v) is 11.5. The Bertz CT molecular complexity index is 1160. The lowest BCUT2D eigenvalue weighted by atomic mass is 9.44. The Hall–Kier alpha value is -1.82. The van der Waals surface area contributed by atoms with Crippen LogP contribution in [0.15, 0.2) is 12.1 Å². The van der Waals surface area contributed by atoms with Crippen LogP contribution in [-0.2, 0) is 16.1 Å². The molecule has 0 saturated heterocycles. The number of hydrogen-bond donors (Lipinski definition) is 0. The minimum atomic E-state index is -0.338. The molecular weight excluding hydrogens is 453 g/mol. The topological polar surface area (TPSA) is 57.0 Å². The van der Waals surface area contributed by atoms with E-state index in [1.165, 1.54) is 43.3 Å². The molecule has 0 bridgehead atoms. The highest BCUT2D eigenvalue weighted by molar-refractivity contribution is 5.82. The Morgan fingerprint density at radius 2 is 1.94 bits per heavy atom. The van der Waals surface area contributed by atoms with Crippen LogP contribution < -0.4 is 0 Å². The number of benzene rings is 1. The smallest absolute Gasteiger partial charge is 0.159 e. The number of hydrogen-bond acceptors (Lipinski definition) is 4. The molecule has 4 aliphatic rings. The number of nitrogens with zero attached hydrogens (tertiary/aromatic N) is 3. The second-order valence-electron chi connectivity index (χ2n) is 13.1. The lowest BCUT2D eigenvalue weighted by Crippen LogP contribution is -2.56. The summed E-state index contributed by atoms with van der Waals surface area (Å²) in [4.78, 5) is 15.1. The van der Waals surface area contributed by atoms with Gasteiger partial charge in [-0.3, -0.25) is 4.79 Å². The fourth-order valence-electron chi connectivity index (χ4n) is 9.76. The third kappa shape index (κ3) is 3.60. The molecule has 0 spiro atoms. The van der Waals surface area contributed by atoms with E-state index in [0.29, 0.717) is 28.3 Å². The lowest BCUT2D eigenvalue weighted by Gasteiger charge is -2.61. The molecule has 0 radical (unpaired) electrons. The Morgan fingerprint density at radius 3 is 2.75 bits per heavy atom. The van der Waals surface area contributed by atoms with Gasteiger partial charge >= 0.3 is 0 Å². The molecule has 3 unspecified atom stereocenters. The summed E-state index contributed by atoms with van der Waals surface area (Å²) in [6.45, 7) is 7.61. The molecule has 36 heavy (non-hydrogen) atoms. The van der Waals surface area contributed by atoms with Gasteiger partial charge in [0, 0.05) is 13.0 Å². The maximum Gasteiger partial charge on any atom is 0.159 e. The second kappa shape index (κ2) is 8.89. The summed E-state index contributed by atoms with van der Waals surface area (Å²) in [6, 6.07) is 3.51. The van der Waals surface area contributed by atoms with E-state index in [0.717, 1.165) is 43.6 Å². The van der Waals surface area contributed by atoms with Gasteiger partial charge in [-0.05, 0) is 110 Å². The molecule has 8 atom stereocenters. The van der Waals surface area contributed by atoms with Crippen LogP contribution in [0, 0.1) is 59.1 Å². The van der Waals surface area contributed by atoms with Crippen molar-refractivity contribution in [2.24, 2.45) is 46.3 Å². The van der Waals surface area contributed by atoms with Gasteiger partial charge in [-0.25, -0.2) is 4.39 Å². The Labute approximate surface area is 214 Å². The van der Waals surface area contributed by atoms with Crippen molar-refractivity contribution in [2.75, 3.05) is 13.7 Å². The third-order valence-electron chi connectivity index (χ3n) is 11.5. The number of aromatic nitrogens is 3. The summed E-state index contributed by atoms with van der Waals surface area (Å²) in [6.07, 6.45) is 11.1. The number of aryl methyl sites for hydroxylation is 1. The van der Waals surface area contributed by atoms with Crippen molar-refractivity contribution in [3.63, 3.8) is 0 Å². The first-order valence-corrected chi connectivity index (χ1v) is 14.3. The molecule has 196 valence electrons. The number of halogens is 1. The average Bonchev–Trinajstić information content (AvgIpc) is 3.42. The van der Waals surface area contributed by atoms with E-state index in [9.17, 15) is 9.18 Å². The average molecular weight is 496 g/mol. The van der Waals surface area contributed by atoms with E-state index >= 15 is 0 Å². The molecule has 4 aliphatic carbocycles. The van der Waals surface area contributed by atoms with Gasteiger partial charge in [0.15, 0.2) is 11.6 Å². The molecule has 4 fully saturated rings. The fraction of sp³-hybridized carbons (Fsp3) is 0.767. The van der Waals surface area contributed by atoms with Gasteiger partial charge in [-0.2, -0.15) is 9.90 Å². The molecule has 0 aliphatic heterocycles. The molecule has 4 saturated carbocycles. The molecule has 6 heteroatoms. The van der Waals surface area contributed by atoms with Crippen molar-refractivity contribution >= 4 is 16.8 Å². The van der Waals surface area contributed by atoms with Gasteiger partial charge in [-0.1, -0.05) is 26.3 Å². The highest BCUT2D eigenvalue weighted by Gasteiger charge is 2.62. The van der Waals surface area contributed by atoms with E-state index in [4.69, 9.17) is 4.74 Å². The van der Waals surface area contributed by atoms with Crippen LogP contribution in [0.5, 0.6) is 0 Å². The molecule has 0 amide bonds. The summed E-state index contributed by atoms with van der Waals surface area (Å²) in [5.74, 6) is 3.63. The summed E-state index contributed by atoms with van der Waals surface area (Å²) in [5, 5.41) is 8.78. The van der Waals surface area contributed by atoms with Crippen LogP contribution in [0.1, 0.15) is 77.2 Å². The van der Waals surface area contributed by atoms with Crippen LogP contribution in [0.3, 0.4) is 0 Å².